The first-order valence-corrected chi connectivity index (χ1v) is 18.1. The summed E-state index contributed by atoms with van der Waals surface area (Å²) in [5.74, 6) is -0.278. The molecule has 0 spiro atoms. The van der Waals surface area contributed by atoms with Crippen molar-refractivity contribution in [1.82, 2.24) is 9.97 Å². The summed E-state index contributed by atoms with van der Waals surface area (Å²) in [7, 11) is 0. The van der Waals surface area contributed by atoms with Gasteiger partial charge in [-0.05, 0) is 56.1 Å². The van der Waals surface area contributed by atoms with Gasteiger partial charge in [0, 0.05) is 53.4 Å². The molecule has 8 rings (SSSR count). The molecule has 0 fully saturated rings. The number of aryl methyl sites for hydroxylation is 1. The van der Waals surface area contributed by atoms with Crippen molar-refractivity contribution in [3.8, 4) is 50.8 Å². The Morgan fingerprint density at radius 3 is 2.07 bits per heavy atom. The van der Waals surface area contributed by atoms with Crippen LogP contribution in [0.25, 0.3) is 66.7 Å². The van der Waals surface area contributed by atoms with Gasteiger partial charge in [-0.25, -0.2) is 0 Å². The number of furan rings is 1. The zero-order valence-corrected chi connectivity index (χ0v) is 34.5. The van der Waals surface area contributed by atoms with E-state index in [1.807, 2.05) is 66.9 Å². The maximum atomic E-state index is 12.8. The summed E-state index contributed by atoms with van der Waals surface area (Å²) < 4.78 is 43.8. The molecule has 8 aromatic rings. The molecule has 5 aromatic carbocycles. The smallest absolute Gasteiger partial charge is 0.139 e. The number of rotatable bonds is 4. The van der Waals surface area contributed by atoms with Gasteiger partial charge >= 0.3 is 0 Å². The predicted octanol–water partition coefficient (Wildman–Crippen LogP) is 13.2. The standard InChI is InChI=1S/C35H27N2O.C15H15FN.Ir/c1-22-10-15-28(31-20-25(18-19-37-31)23-11-13-26(14-12-23)35(2,3)4)34-32(22)29-17-16-27(24-8-6-5-7-9-24)30(21-36)33(29)38-34;1-15(2,3)12-6-9-14(17-10-12)11-4-7-13(16)8-5-11;/h5-14,16-20H,1-4H3;4,6-10H,1-3H3;/q2*-1;/i1D3;;. The van der Waals surface area contributed by atoms with Crippen LogP contribution in [0.3, 0.4) is 0 Å². The Kier molecular flexibility index (Phi) is 10.4. The first-order valence-electron chi connectivity index (χ1n) is 19.6. The number of aromatic nitrogens is 2. The second-order valence-corrected chi connectivity index (χ2v) is 15.6. The zero-order chi connectivity index (χ0) is 41.4. The Morgan fingerprint density at radius 1 is 0.714 bits per heavy atom. The largest absolute Gasteiger partial charge is 0.499 e. The van der Waals surface area contributed by atoms with E-state index in [2.05, 4.69) is 100 Å². The molecule has 0 saturated carbocycles. The predicted molar refractivity (Wildman–Crippen MR) is 222 cm³/mol. The summed E-state index contributed by atoms with van der Waals surface area (Å²) in [6.07, 6.45) is 3.60. The summed E-state index contributed by atoms with van der Waals surface area (Å²) >= 11 is 0. The second-order valence-electron chi connectivity index (χ2n) is 15.6. The van der Waals surface area contributed by atoms with Crippen LogP contribution in [0.4, 0.5) is 4.39 Å². The molecular formula is C50H42FIrN3O-2. The molecule has 0 bridgehead atoms. The van der Waals surface area contributed by atoms with Crippen molar-refractivity contribution in [1.29, 1.82) is 5.26 Å². The van der Waals surface area contributed by atoms with E-state index in [1.54, 1.807) is 12.3 Å². The summed E-state index contributed by atoms with van der Waals surface area (Å²) in [4.78, 5) is 9.01. The van der Waals surface area contributed by atoms with Crippen LogP contribution in [0.5, 0.6) is 0 Å². The van der Waals surface area contributed by atoms with Crippen molar-refractivity contribution in [2.24, 2.45) is 0 Å². The first kappa shape index (κ1) is 35.9. The number of nitrogens with zero attached hydrogens (tertiary/aromatic N) is 3. The minimum atomic E-state index is -2.40. The molecule has 6 heteroatoms. The SMILES string of the molecule is CC(C)(C)c1ccc(-c2[c-]cc(F)cc2)nc1.[2H]C([2H])([2H])c1c[c-]c(-c2cc(-c3ccc(C(C)(C)C)cc3)ccn2)c2oc3c(C#N)c(-c4ccccc4)ccc3c12.[Ir]. The van der Waals surface area contributed by atoms with Crippen molar-refractivity contribution < 1.29 is 33.0 Å². The van der Waals surface area contributed by atoms with E-state index in [-0.39, 0.29) is 42.3 Å². The van der Waals surface area contributed by atoms with E-state index in [0.29, 0.717) is 38.8 Å². The third kappa shape index (κ3) is 8.26. The molecule has 0 unspecified atom stereocenters. The molecule has 3 aromatic heterocycles. The van der Waals surface area contributed by atoms with Crippen LogP contribution in [0.1, 0.15) is 67.9 Å². The first-order chi connectivity index (χ1) is 27.5. The number of pyridine rings is 2. The van der Waals surface area contributed by atoms with Gasteiger partial charge in [0.15, 0.2) is 0 Å². The third-order valence-corrected chi connectivity index (χ3v) is 9.69. The second kappa shape index (κ2) is 16.2. The van der Waals surface area contributed by atoms with Crippen LogP contribution in [-0.4, -0.2) is 9.97 Å². The normalized spacial score (nSPS) is 12.4. The molecule has 0 aliphatic carbocycles. The Balaban J connectivity index is 0.000000273. The maximum Gasteiger partial charge on any atom is 0.139 e. The van der Waals surface area contributed by atoms with Gasteiger partial charge < -0.3 is 14.4 Å². The quantitative estimate of drug-likeness (QED) is 0.165. The van der Waals surface area contributed by atoms with Crippen LogP contribution in [0.15, 0.2) is 132 Å². The fraction of sp³-hybridized carbons (Fsp3) is 0.180. The van der Waals surface area contributed by atoms with Crippen LogP contribution >= 0.6 is 0 Å². The Hall–Kier alpha value is -5.73. The molecule has 0 saturated heterocycles. The van der Waals surface area contributed by atoms with Gasteiger partial charge in [-0.1, -0.05) is 144 Å². The van der Waals surface area contributed by atoms with E-state index < -0.39 is 6.85 Å². The van der Waals surface area contributed by atoms with E-state index in [0.717, 1.165) is 33.5 Å². The number of nitriles is 1. The topological polar surface area (TPSA) is 62.7 Å². The molecular weight excluding hydrogens is 870 g/mol. The Labute approximate surface area is 346 Å². The molecule has 0 atom stereocenters. The van der Waals surface area contributed by atoms with Gasteiger partial charge in [0.05, 0.1) is 5.58 Å². The van der Waals surface area contributed by atoms with Crippen molar-refractivity contribution in [3.05, 3.63) is 168 Å². The summed E-state index contributed by atoms with van der Waals surface area (Å²) in [5, 5.41) is 11.2. The van der Waals surface area contributed by atoms with Crippen molar-refractivity contribution in [2.75, 3.05) is 0 Å². The molecule has 0 aliphatic heterocycles. The van der Waals surface area contributed by atoms with E-state index >= 15 is 0 Å². The molecule has 0 N–H and O–H groups in total. The van der Waals surface area contributed by atoms with Gasteiger partial charge in [0.25, 0.3) is 0 Å². The maximum absolute atomic E-state index is 12.8. The minimum Gasteiger partial charge on any atom is -0.499 e. The summed E-state index contributed by atoms with van der Waals surface area (Å²) in [5.41, 5.74) is 10.1. The number of hydrogen-bond donors (Lipinski definition) is 0. The van der Waals surface area contributed by atoms with E-state index in [4.69, 9.17) is 8.53 Å². The Bertz CT molecular complexity index is 2780. The van der Waals surface area contributed by atoms with Crippen molar-refractivity contribution in [3.63, 3.8) is 0 Å². The zero-order valence-electron chi connectivity index (χ0n) is 35.1. The third-order valence-electron chi connectivity index (χ3n) is 9.69. The van der Waals surface area contributed by atoms with Crippen molar-refractivity contribution in [2.45, 2.75) is 59.2 Å². The number of fused-ring (bicyclic) bond motifs is 3. The average molecular weight is 915 g/mol. The van der Waals surface area contributed by atoms with E-state index in [1.165, 1.54) is 29.3 Å². The minimum absolute atomic E-state index is 0. The average Bonchev–Trinajstić information content (AvgIpc) is 3.60. The molecule has 0 amide bonds. The van der Waals surface area contributed by atoms with Crippen LogP contribution in [0, 0.1) is 36.1 Å². The molecule has 281 valence electrons. The molecule has 4 nitrogen and oxygen atoms in total. The molecule has 56 heavy (non-hydrogen) atoms. The van der Waals surface area contributed by atoms with Gasteiger partial charge in [0.1, 0.15) is 17.2 Å². The van der Waals surface area contributed by atoms with Crippen LogP contribution in [-0.2, 0) is 30.9 Å². The van der Waals surface area contributed by atoms with Crippen molar-refractivity contribution >= 4 is 21.9 Å². The van der Waals surface area contributed by atoms with Gasteiger partial charge in [-0.3, -0.25) is 4.39 Å². The van der Waals surface area contributed by atoms with E-state index in [9.17, 15) is 9.65 Å². The Morgan fingerprint density at radius 2 is 1.45 bits per heavy atom. The molecule has 1 radical (unpaired) electrons. The van der Waals surface area contributed by atoms with Gasteiger partial charge in [-0.2, -0.15) is 5.26 Å². The fourth-order valence-electron chi connectivity index (χ4n) is 6.52. The molecule has 0 aliphatic rings. The summed E-state index contributed by atoms with van der Waals surface area (Å²) in [6.45, 7) is 10.6. The number of halogens is 1. The van der Waals surface area contributed by atoms with Crippen LogP contribution in [0.2, 0.25) is 0 Å². The van der Waals surface area contributed by atoms with Gasteiger partial charge in [-0.15, -0.1) is 47.5 Å². The number of hydrogen-bond acceptors (Lipinski definition) is 4. The summed E-state index contributed by atoms with van der Waals surface area (Å²) in [6, 6.07) is 43.9. The molecule has 3 heterocycles. The van der Waals surface area contributed by atoms with Gasteiger partial charge in [0.2, 0.25) is 0 Å². The number of benzene rings is 5. The van der Waals surface area contributed by atoms with Crippen LogP contribution < -0.4 is 0 Å². The monoisotopic (exact) mass is 915 g/mol. The fourth-order valence-corrected chi connectivity index (χ4v) is 6.52.